The molecule has 18 heavy (non-hydrogen) atoms. The van der Waals surface area contributed by atoms with Crippen LogP contribution in [0.4, 0.5) is 0 Å². The molecule has 0 saturated heterocycles. The SMILES string of the molecule is Cc1ccc(CNC(=O)CSCC(O)CO)cc1. The largest absolute Gasteiger partial charge is 0.394 e. The van der Waals surface area contributed by atoms with E-state index in [0.717, 1.165) is 5.56 Å². The zero-order valence-corrected chi connectivity index (χ0v) is 11.2. The van der Waals surface area contributed by atoms with Crippen molar-refractivity contribution in [1.82, 2.24) is 5.32 Å². The molecule has 100 valence electrons. The second-order valence-electron chi connectivity index (χ2n) is 4.11. The lowest BCUT2D eigenvalue weighted by Gasteiger charge is -2.07. The third kappa shape index (κ3) is 6.05. The van der Waals surface area contributed by atoms with Crippen LogP contribution in [0, 0.1) is 6.92 Å². The summed E-state index contributed by atoms with van der Waals surface area (Å²) in [6.07, 6.45) is -0.750. The molecule has 0 saturated carbocycles. The molecule has 1 rings (SSSR count). The number of hydrogen-bond donors (Lipinski definition) is 3. The summed E-state index contributed by atoms with van der Waals surface area (Å²) >= 11 is 1.31. The summed E-state index contributed by atoms with van der Waals surface area (Å²) in [5.41, 5.74) is 2.26. The van der Waals surface area contributed by atoms with Gasteiger partial charge in [0.1, 0.15) is 0 Å². The third-order valence-corrected chi connectivity index (χ3v) is 3.45. The summed E-state index contributed by atoms with van der Waals surface area (Å²) in [4.78, 5) is 11.5. The van der Waals surface area contributed by atoms with Crippen molar-refractivity contribution < 1.29 is 15.0 Å². The van der Waals surface area contributed by atoms with Crippen LogP contribution in [-0.4, -0.2) is 40.3 Å². The lowest BCUT2D eigenvalue weighted by atomic mass is 10.1. The minimum absolute atomic E-state index is 0.0642. The Morgan fingerprint density at radius 1 is 1.39 bits per heavy atom. The fraction of sp³-hybridized carbons (Fsp3) is 0.462. The monoisotopic (exact) mass is 269 g/mol. The molecule has 0 radical (unpaired) electrons. The maximum atomic E-state index is 11.5. The number of nitrogens with one attached hydrogen (secondary N) is 1. The Bertz CT molecular complexity index is 367. The lowest BCUT2D eigenvalue weighted by molar-refractivity contribution is -0.118. The average Bonchev–Trinajstić information content (AvgIpc) is 2.38. The highest BCUT2D eigenvalue weighted by Gasteiger charge is 2.05. The number of thioether (sulfide) groups is 1. The highest BCUT2D eigenvalue weighted by Crippen LogP contribution is 2.04. The molecule has 3 N–H and O–H groups in total. The molecular formula is C13H19NO3S. The molecule has 1 amide bonds. The van der Waals surface area contributed by atoms with E-state index < -0.39 is 6.10 Å². The molecular weight excluding hydrogens is 250 g/mol. The second-order valence-corrected chi connectivity index (χ2v) is 5.14. The van der Waals surface area contributed by atoms with Crippen molar-refractivity contribution in [2.75, 3.05) is 18.1 Å². The second kappa shape index (κ2) is 8.13. The number of aliphatic hydroxyl groups is 2. The van der Waals surface area contributed by atoms with E-state index in [4.69, 9.17) is 10.2 Å². The first kappa shape index (κ1) is 15.0. The van der Waals surface area contributed by atoms with Crippen LogP contribution in [0.1, 0.15) is 11.1 Å². The molecule has 0 bridgehead atoms. The Kier molecular flexibility index (Phi) is 6.78. The van der Waals surface area contributed by atoms with E-state index in [1.807, 2.05) is 31.2 Å². The average molecular weight is 269 g/mol. The predicted octanol–water partition coefficient (Wildman–Crippen LogP) is 0.698. The van der Waals surface area contributed by atoms with Gasteiger partial charge in [-0.1, -0.05) is 29.8 Å². The zero-order chi connectivity index (χ0) is 13.4. The Balaban J connectivity index is 2.19. The van der Waals surface area contributed by atoms with Crippen LogP contribution in [0.5, 0.6) is 0 Å². The van der Waals surface area contributed by atoms with Gasteiger partial charge in [0, 0.05) is 12.3 Å². The van der Waals surface area contributed by atoms with Crippen LogP contribution >= 0.6 is 11.8 Å². The quantitative estimate of drug-likeness (QED) is 0.681. The van der Waals surface area contributed by atoms with Crippen LogP contribution in [0.15, 0.2) is 24.3 Å². The molecule has 1 aromatic carbocycles. The Labute approximate surface area is 111 Å². The van der Waals surface area contributed by atoms with Crippen molar-refractivity contribution in [2.24, 2.45) is 0 Å². The number of aliphatic hydroxyl groups excluding tert-OH is 2. The lowest BCUT2D eigenvalue weighted by Crippen LogP contribution is -2.25. The van der Waals surface area contributed by atoms with Gasteiger partial charge in [-0.15, -0.1) is 11.8 Å². The van der Waals surface area contributed by atoms with Crippen molar-refractivity contribution in [1.29, 1.82) is 0 Å². The van der Waals surface area contributed by atoms with Crippen molar-refractivity contribution in [2.45, 2.75) is 19.6 Å². The summed E-state index contributed by atoms with van der Waals surface area (Å²) < 4.78 is 0. The number of carbonyl (C=O) groups excluding carboxylic acids is 1. The molecule has 0 heterocycles. The van der Waals surface area contributed by atoms with Gasteiger partial charge in [0.25, 0.3) is 0 Å². The molecule has 0 fully saturated rings. The zero-order valence-electron chi connectivity index (χ0n) is 10.4. The highest BCUT2D eigenvalue weighted by atomic mass is 32.2. The summed E-state index contributed by atoms with van der Waals surface area (Å²) in [7, 11) is 0. The van der Waals surface area contributed by atoms with Crippen molar-refractivity contribution in [3.05, 3.63) is 35.4 Å². The molecule has 1 atom stereocenters. The first-order chi connectivity index (χ1) is 8.61. The van der Waals surface area contributed by atoms with Crippen LogP contribution in [-0.2, 0) is 11.3 Å². The van der Waals surface area contributed by atoms with Gasteiger partial charge < -0.3 is 15.5 Å². The maximum Gasteiger partial charge on any atom is 0.230 e. The van der Waals surface area contributed by atoms with Crippen LogP contribution in [0.25, 0.3) is 0 Å². The fourth-order valence-corrected chi connectivity index (χ4v) is 2.08. The highest BCUT2D eigenvalue weighted by molar-refractivity contribution is 7.99. The number of rotatable bonds is 7. The first-order valence-electron chi connectivity index (χ1n) is 5.80. The predicted molar refractivity (Wildman–Crippen MR) is 73.4 cm³/mol. The Hall–Kier alpha value is -1.04. The number of amides is 1. The van der Waals surface area contributed by atoms with Crippen molar-refractivity contribution in [3.63, 3.8) is 0 Å². The number of carbonyl (C=O) groups is 1. The number of hydrogen-bond acceptors (Lipinski definition) is 4. The Morgan fingerprint density at radius 2 is 2.06 bits per heavy atom. The number of aryl methyl sites for hydroxylation is 1. The maximum absolute atomic E-state index is 11.5. The first-order valence-corrected chi connectivity index (χ1v) is 6.96. The van der Waals surface area contributed by atoms with Crippen LogP contribution in [0.3, 0.4) is 0 Å². The van der Waals surface area contributed by atoms with Gasteiger partial charge in [-0.05, 0) is 12.5 Å². The van der Waals surface area contributed by atoms with Crippen molar-refractivity contribution in [3.8, 4) is 0 Å². The van der Waals surface area contributed by atoms with Crippen molar-refractivity contribution >= 4 is 17.7 Å². The summed E-state index contributed by atoms with van der Waals surface area (Å²) in [5, 5.41) is 20.5. The molecule has 5 heteroatoms. The molecule has 4 nitrogen and oxygen atoms in total. The van der Waals surface area contributed by atoms with Crippen LogP contribution < -0.4 is 5.32 Å². The molecule has 0 aliphatic rings. The van der Waals surface area contributed by atoms with E-state index in [0.29, 0.717) is 18.1 Å². The molecule has 0 aliphatic heterocycles. The van der Waals surface area contributed by atoms with E-state index in [9.17, 15) is 4.79 Å². The smallest absolute Gasteiger partial charge is 0.230 e. The van der Waals surface area contributed by atoms with E-state index in [1.54, 1.807) is 0 Å². The van der Waals surface area contributed by atoms with Gasteiger partial charge in [-0.25, -0.2) is 0 Å². The third-order valence-electron chi connectivity index (χ3n) is 2.36. The summed E-state index contributed by atoms with van der Waals surface area (Å²) in [6, 6.07) is 7.98. The minimum Gasteiger partial charge on any atom is -0.394 e. The van der Waals surface area contributed by atoms with E-state index in [2.05, 4.69) is 5.32 Å². The van der Waals surface area contributed by atoms with Gasteiger partial charge in [-0.2, -0.15) is 0 Å². The van der Waals surface area contributed by atoms with Gasteiger partial charge in [0.05, 0.1) is 18.5 Å². The summed E-state index contributed by atoms with van der Waals surface area (Å²) in [5.74, 6) is 0.600. The van der Waals surface area contributed by atoms with Gasteiger partial charge in [-0.3, -0.25) is 4.79 Å². The Morgan fingerprint density at radius 3 is 2.67 bits per heavy atom. The summed E-state index contributed by atoms with van der Waals surface area (Å²) in [6.45, 7) is 2.27. The van der Waals surface area contributed by atoms with Gasteiger partial charge in [0.2, 0.25) is 5.91 Å². The minimum atomic E-state index is -0.750. The fourth-order valence-electron chi connectivity index (χ4n) is 1.30. The normalized spacial score (nSPS) is 12.2. The molecule has 1 unspecified atom stereocenters. The van der Waals surface area contributed by atoms with E-state index in [1.165, 1.54) is 17.3 Å². The van der Waals surface area contributed by atoms with E-state index in [-0.39, 0.29) is 12.5 Å². The topological polar surface area (TPSA) is 69.6 Å². The molecule has 0 aromatic heterocycles. The number of benzene rings is 1. The van der Waals surface area contributed by atoms with Gasteiger partial charge in [0.15, 0.2) is 0 Å². The van der Waals surface area contributed by atoms with E-state index >= 15 is 0 Å². The standard InChI is InChI=1S/C13H19NO3S/c1-10-2-4-11(5-3-10)6-14-13(17)9-18-8-12(16)7-15/h2-5,12,15-16H,6-9H2,1H3,(H,14,17). The molecule has 0 spiro atoms. The molecule has 1 aromatic rings. The van der Waals surface area contributed by atoms with Crippen LogP contribution in [0.2, 0.25) is 0 Å². The molecule has 0 aliphatic carbocycles. The van der Waals surface area contributed by atoms with Gasteiger partial charge >= 0.3 is 0 Å².